The molecule has 27 heavy (non-hydrogen) atoms. The van der Waals surface area contributed by atoms with Crippen molar-refractivity contribution in [3.05, 3.63) is 76.7 Å². The highest BCUT2D eigenvalue weighted by Gasteiger charge is 2.29. The third-order valence-electron chi connectivity index (χ3n) is 4.24. The number of rotatable bonds is 3. The van der Waals surface area contributed by atoms with Gasteiger partial charge in [0.15, 0.2) is 5.82 Å². The molecule has 136 valence electrons. The second-order valence-electron chi connectivity index (χ2n) is 5.99. The Kier molecular flexibility index (Phi) is 4.63. The van der Waals surface area contributed by atoms with Crippen LogP contribution in [0.1, 0.15) is 26.9 Å². The zero-order valence-electron chi connectivity index (χ0n) is 13.9. The number of hydrogen-bond acceptors (Lipinski definition) is 4. The zero-order valence-corrected chi connectivity index (χ0v) is 15.5. The van der Waals surface area contributed by atoms with E-state index in [2.05, 4.69) is 10.3 Å². The Bertz CT molecular complexity index is 1030. The Morgan fingerprint density at radius 3 is 2.74 bits per heavy atom. The molecule has 1 aromatic heterocycles. The minimum absolute atomic E-state index is 0.123. The molecule has 1 atom stereocenters. The molecule has 8 heteroatoms. The summed E-state index contributed by atoms with van der Waals surface area (Å²) in [6, 6.07) is 14.1. The van der Waals surface area contributed by atoms with Crippen LogP contribution >= 0.6 is 23.4 Å². The minimum Gasteiger partial charge on any atom is -0.478 e. The molecule has 0 saturated heterocycles. The number of carbonyl (C=O) groups excluding carboxylic acids is 1. The normalized spacial score (nSPS) is 16.3. The van der Waals surface area contributed by atoms with Gasteiger partial charge in [-0.2, -0.15) is 0 Å². The summed E-state index contributed by atoms with van der Waals surface area (Å²) < 4.78 is 1.90. The highest BCUT2D eigenvalue weighted by molar-refractivity contribution is 8.00. The first-order valence-electron chi connectivity index (χ1n) is 8.11. The lowest BCUT2D eigenvalue weighted by Gasteiger charge is -2.18. The van der Waals surface area contributed by atoms with Crippen LogP contribution in [0.2, 0.25) is 5.02 Å². The summed E-state index contributed by atoms with van der Waals surface area (Å²) in [6.45, 7) is 0. The number of aromatic nitrogens is 2. The fourth-order valence-electron chi connectivity index (χ4n) is 3.00. The first-order valence-corrected chi connectivity index (χ1v) is 9.53. The van der Waals surface area contributed by atoms with Gasteiger partial charge in [-0.15, -0.1) is 11.8 Å². The van der Waals surface area contributed by atoms with E-state index in [-0.39, 0.29) is 22.5 Å². The number of nitrogens with zero attached hydrogens (tertiary/aromatic N) is 2. The van der Waals surface area contributed by atoms with Gasteiger partial charge in [0.2, 0.25) is 5.91 Å². The van der Waals surface area contributed by atoms with Gasteiger partial charge in [-0.3, -0.25) is 9.36 Å². The number of anilines is 1. The molecule has 6 nitrogen and oxygen atoms in total. The maximum absolute atomic E-state index is 12.1. The topological polar surface area (TPSA) is 84.2 Å². The van der Waals surface area contributed by atoms with Gasteiger partial charge in [0.25, 0.3) is 0 Å². The van der Waals surface area contributed by atoms with Crippen molar-refractivity contribution in [2.75, 3.05) is 11.1 Å². The lowest BCUT2D eigenvalue weighted by atomic mass is 10.1. The molecule has 0 unspecified atom stereocenters. The van der Waals surface area contributed by atoms with Crippen LogP contribution < -0.4 is 5.32 Å². The Morgan fingerprint density at radius 2 is 2.04 bits per heavy atom. The fraction of sp³-hybridized carbons (Fsp3) is 0.105. The Morgan fingerprint density at radius 1 is 1.26 bits per heavy atom. The summed E-state index contributed by atoms with van der Waals surface area (Å²) >= 11 is 7.60. The number of hydrogen-bond donors (Lipinski definition) is 2. The van der Waals surface area contributed by atoms with Crippen molar-refractivity contribution in [1.82, 2.24) is 9.55 Å². The number of benzene rings is 2. The third kappa shape index (κ3) is 3.43. The summed E-state index contributed by atoms with van der Waals surface area (Å²) in [5.41, 5.74) is 2.76. The largest absolute Gasteiger partial charge is 0.478 e. The summed E-state index contributed by atoms with van der Waals surface area (Å²) in [7, 11) is 0. The Hall–Kier alpha value is -2.77. The molecule has 2 N–H and O–H groups in total. The number of nitrogens with one attached hydrogen (secondary N) is 1. The van der Waals surface area contributed by atoms with Gasteiger partial charge in [0, 0.05) is 10.7 Å². The summed E-state index contributed by atoms with van der Waals surface area (Å²) in [5.74, 6) is -0.326. The lowest BCUT2D eigenvalue weighted by molar-refractivity contribution is -0.113. The molecule has 2 heterocycles. The highest BCUT2D eigenvalue weighted by Crippen LogP contribution is 2.42. The fourth-order valence-corrected chi connectivity index (χ4v) is 4.30. The average molecular weight is 400 g/mol. The van der Waals surface area contributed by atoms with Crippen LogP contribution in [0.15, 0.2) is 54.9 Å². The van der Waals surface area contributed by atoms with E-state index in [0.29, 0.717) is 10.8 Å². The van der Waals surface area contributed by atoms with E-state index in [1.165, 1.54) is 11.8 Å². The van der Waals surface area contributed by atoms with E-state index in [1.807, 2.05) is 22.8 Å². The molecule has 1 aliphatic rings. The molecule has 0 bridgehead atoms. The van der Waals surface area contributed by atoms with Gasteiger partial charge in [-0.05, 0) is 35.9 Å². The second-order valence-corrected chi connectivity index (χ2v) is 7.52. The van der Waals surface area contributed by atoms with E-state index in [9.17, 15) is 9.59 Å². The molecule has 2 aromatic carbocycles. The molecule has 0 saturated carbocycles. The molecule has 0 spiro atoms. The van der Waals surface area contributed by atoms with Crippen LogP contribution in [-0.4, -0.2) is 32.3 Å². The predicted molar refractivity (Wildman–Crippen MR) is 105 cm³/mol. The third-order valence-corrected chi connectivity index (χ3v) is 5.73. The maximum Gasteiger partial charge on any atom is 0.335 e. The Balaban J connectivity index is 1.84. The summed E-state index contributed by atoms with van der Waals surface area (Å²) in [5, 5.41) is 12.4. The molecule has 1 amide bonds. The molecular weight excluding hydrogens is 386 g/mol. The van der Waals surface area contributed by atoms with Gasteiger partial charge in [-0.25, -0.2) is 9.78 Å². The number of halogens is 1. The highest BCUT2D eigenvalue weighted by atomic mass is 35.5. The maximum atomic E-state index is 12.1. The van der Waals surface area contributed by atoms with Crippen LogP contribution in [0.3, 0.4) is 0 Å². The van der Waals surface area contributed by atoms with Crippen molar-refractivity contribution < 1.29 is 14.7 Å². The van der Waals surface area contributed by atoms with Crippen molar-refractivity contribution in [1.29, 1.82) is 0 Å². The first-order chi connectivity index (χ1) is 13.0. The minimum atomic E-state index is -0.975. The van der Waals surface area contributed by atoms with Crippen LogP contribution in [0, 0.1) is 0 Å². The SMILES string of the molecule is O=C1CS[C@@H](c2ccc(C(=O)O)cc2)c2c(ncn2-c2cccc(Cl)c2)N1. The number of imidazole rings is 1. The number of thioether (sulfide) groups is 1. The lowest BCUT2D eigenvalue weighted by Crippen LogP contribution is -2.12. The molecule has 1 aliphatic heterocycles. The van der Waals surface area contributed by atoms with E-state index in [4.69, 9.17) is 16.7 Å². The monoisotopic (exact) mass is 399 g/mol. The standard InChI is InChI=1S/C19H14ClN3O3S/c20-13-2-1-3-14(8-13)23-10-21-18-16(23)17(27-9-15(24)22-18)11-4-6-12(7-5-11)19(25)26/h1-8,10,17H,9H2,(H,22,24)(H,25,26)/t17-/m0/s1. The zero-order chi connectivity index (χ0) is 19.0. The van der Waals surface area contributed by atoms with Gasteiger partial charge < -0.3 is 10.4 Å². The number of fused-ring (bicyclic) bond motifs is 1. The number of aromatic carboxylic acids is 1. The van der Waals surface area contributed by atoms with Crippen molar-refractivity contribution in [2.24, 2.45) is 0 Å². The number of carboxylic acid groups (broad SMARTS) is 1. The number of amides is 1. The van der Waals surface area contributed by atoms with Gasteiger partial charge in [0.05, 0.1) is 22.3 Å². The quantitative estimate of drug-likeness (QED) is 0.695. The van der Waals surface area contributed by atoms with Gasteiger partial charge in [0.1, 0.15) is 6.33 Å². The van der Waals surface area contributed by atoms with Crippen LogP contribution in [0.25, 0.3) is 5.69 Å². The molecule has 0 fully saturated rings. The van der Waals surface area contributed by atoms with Crippen LogP contribution in [-0.2, 0) is 4.79 Å². The smallest absolute Gasteiger partial charge is 0.335 e. The summed E-state index contributed by atoms with van der Waals surface area (Å²) in [6.07, 6.45) is 1.65. The molecule has 0 radical (unpaired) electrons. The number of carboxylic acids is 1. The first kappa shape index (κ1) is 17.6. The van der Waals surface area contributed by atoms with E-state index < -0.39 is 5.97 Å². The van der Waals surface area contributed by atoms with Gasteiger partial charge in [-0.1, -0.05) is 29.8 Å². The molecule has 3 aromatic rings. The second kappa shape index (κ2) is 7.09. The van der Waals surface area contributed by atoms with Crippen LogP contribution in [0.5, 0.6) is 0 Å². The van der Waals surface area contributed by atoms with E-state index in [0.717, 1.165) is 16.9 Å². The molecule has 0 aliphatic carbocycles. The van der Waals surface area contributed by atoms with Crippen molar-refractivity contribution >= 4 is 41.1 Å². The Labute approximate surface area is 164 Å². The van der Waals surface area contributed by atoms with Crippen LogP contribution in [0.4, 0.5) is 5.82 Å². The van der Waals surface area contributed by atoms with Crippen molar-refractivity contribution in [3.8, 4) is 5.69 Å². The van der Waals surface area contributed by atoms with E-state index >= 15 is 0 Å². The predicted octanol–water partition coefficient (Wildman–Crippen LogP) is 4.00. The summed E-state index contributed by atoms with van der Waals surface area (Å²) in [4.78, 5) is 27.6. The molecule has 4 rings (SSSR count). The number of carbonyl (C=O) groups is 2. The molecular formula is C19H14ClN3O3S. The van der Waals surface area contributed by atoms with E-state index in [1.54, 1.807) is 36.7 Å². The average Bonchev–Trinajstić information content (AvgIpc) is 2.98. The van der Waals surface area contributed by atoms with Gasteiger partial charge >= 0.3 is 5.97 Å². The van der Waals surface area contributed by atoms with Crippen molar-refractivity contribution in [3.63, 3.8) is 0 Å². The van der Waals surface area contributed by atoms with Crippen molar-refractivity contribution in [2.45, 2.75) is 5.25 Å².